The number of nitroso groups, excluding NO2 is 1. The Morgan fingerprint density at radius 2 is 2.23 bits per heavy atom. The van der Waals surface area contributed by atoms with E-state index in [0.717, 1.165) is 11.1 Å². The lowest BCUT2D eigenvalue weighted by atomic mass is 10.1. The van der Waals surface area contributed by atoms with Gasteiger partial charge in [-0.1, -0.05) is 12.1 Å². The number of nitrogens with zero attached hydrogens (tertiary/aromatic N) is 1. The van der Waals surface area contributed by atoms with Crippen molar-refractivity contribution >= 4 is 5.69 Å². The molecule has 1 aromatic carbocycles. The van der Waals surface area contributed by atoms with Crippen LogP contribution < -0.4 is 0 Å². The van der Waals surface area contributed by atoms with E-state index in [2.05, 4.69) is 5.18 Å². The van der Waals surface area contributed by atoms with Crippen molar-refractivity contribution in [2.24, 2.45) is 5.18 Å². The molecule has 0 radical (unpaired) electrons. The highest BCUT2D eigenvalue weighted by molar-refractivity contribution is 5.46. The Bertz CT molecular complexity index is 297. The molecule has 3 heteroatoms. The first kappa shape index (κ1) is 9.86. The highest BCUT2D eigenvalue weighted by atomic mass is 16.5. The average molecular weight is 179 g/mol. The van der Waals surface area contributed by atoms with Crippen LogP contribution in [-0.2, 0) is 11.3 Å². The van der Waals surface area contributed by atoms with Gasteiger partial charge in [0.1, 0.15) is 5.69 Å². The predicted molar refractivity (Wildman–Crippen MR) is 52.0 cm³/mol. The van der Waals surface area contributed by atoms with E-state index >= 15 is 0 Å². The van der Waals surface area contributed by atoms with Gasteiger partial charge in [-0.3, -0.25) is 0 Å². The van der Waals surface area contributed by atoms with Crippen LogP contribution >= 0.6 is 0 Å². The molecule has 0 aliphatic rings. The van der Waals surface area contributed by atoms with Crippen LogP contribution in [0.5, 0.6) is 0 Å². The van der Waals surface area contributed by atoms with Gasteiger partial charge in [-0.05, 0) is 36.2 Å². The average Bonchev–Trinajstić information content (AvgIpc) is 2.15. The maximum Gasteiger partial charge on any atom is 0.110 e. The quantitative estimate of drug-likeness (QED) is 0.666. The van der Waals surface area contributed by atoms with Crippen molar-refractivity contribution in [3.8, 4) is 0 Å². The van der Waals surface area contributed by atoms with E-state index in [-0.39, 0.29) is 0 Å². The van der Waals surface area contributed by atoms with E-state index in [9.17, 15) is 4.91 Å². The van der Waals surface area contributed by atoms with Gasteiger partial charge in [-0.2, -0.15) is 0 Å². The van der Waals surface area contributed by atoms with Crippen LogP contribution in [0.1, 0.15) is 18.1 Å². The zero-order valence-electron chi connectivity index (χ0n) is 7.91. The Morgan fingerprint density at radius 3 is 2.77 bits per heavy atom. The first-order chi connectivity index (χ1) is 6.27. The molecule has 0 fully saturated rings. The molecule has 0 aliphatic carbocycles. The molecular formula is C10H13NO2. The summed E-state index contributed by atoms with van der Waals surface area (Å²) in [5.74, 6) is 0. The third-order valence-corrected chi connectivity index (χ3v) is 1.83. The SMILES string of the molecule is CCOCc1ccc(N=O)c(C)c1. The van der Waals surface area contributed by atoms with Gasteiger partial charge in [-0.15, -0.1) is 4.91 Å². The van der Waals surface area contributed by atoms with Crippen LogP contribution in [0, 0.1) is 11.8 Å². The first-order valence-electron chi connectivity index (χ1n) is 4.28. The maximum absolute atomic E-state index is 10.3. The topological polar surface area (TPSA) is 38.7 Å². The third-order valence-electron chi connectivity index (χ3n) is 1.83. The second-order valence-corrected chi connectivity index (χ2v) is 2.85. The lowest BCUT2D eigenvalue weighted by molar-refractivity contribution is 0.134. The summed E-state index contributed by atoms with van der Waals surface area (Å²) in [7, 11) is 0. The summed E-state index contributed by atoms with van der Waals surface area (Å²) in [6.07, 6.45) is 0. The van der Waals surface area contributed by atoms with Crippen molar-refractivity contribution in [3.63, 3.8) is 0 Å². The number of aryl methyl sites for hydroxylation is 1. The lowest BCUT2D eigenvalue weighted by Gasteiger charge is -2.03. The third kappa shape index (κ3) is 2.63. The van der Waals surface area contributed by atoms with Crippen LogP contribution in [0.4, 0.5) is 5.69 Å². The van der Waals surface area contributed by atoms with E-state index in [1.807, 2.05) is 26.0 Å². The molecule has 0 saturated carbocycles. The largest absolute Gasteiger partial charge is 0.377 e. The van der Waals surface area contributed by atoms with E-state index in [4.69, 9.17) is 4.74 Å². The fourth-order valence-corrected chi connectivity index (χ4v) is 1.13. The first-order valence-corrected chi connectivity index (χ1v) is 4.28. The number of benzene rings is 1. The summed E-state index contributed by atoms with van der Waals surface area (Å²) in [6.45, 7) is 5.11. The zero-order chi connectivity index (χ0) is 9.68. The van der Waals surface area contributed by atoms with Crippen molar-refractivity contribution in [2.75, 3.05) is 6.61 Å². The molecule has 0 saturated heterocycles. The molecule has 0 bridgehead atoms. The molecule has 1 rings (SSSR count). The molecular weight excluding hydrogens is 166 g/mol. The van der Waals surface area contributed by atoms with E-state index in [1.54, 1.807) is 6.07 Å². The summed E-state index contributed by atoms with van der Waals surface area (Å²) in [5.41, 5.74) is 2.47. The Labute approximate surface area is 77.7 Å². The van der Waals surface area contributed by atoms with Gasteiger partial charge in [0.25, 0.3) is 0 Å². The number of ether oxygens (including phenoxy) is 1. The normalized spacial score (nSPS) is 10.0. The minimum Gasteiger partial charge on any atom is -0.377 e. The monoisotopic (exact) mass is 179 g/mol. The second kappa shape index (κ2) is 4.72. The Kier molecular flexibility index (Phi) is 3.58. The van der Waals surface area contributed by atoms with E-state index in [1.165, 1.54) is 0 Å². The standard InChI is InChI=1S/C10H13NO2/c1-3-13-7-9-4-5-10(11-12)8(2)6-9/h4-6H,3,7H2,1-2H3. The molecule has 0 N–H and O–H groups in total. The highest BCUT2D eigenvalue weighted by Crippen LogP contribution is 2.19. The summed E-state index contributed by atoms with van der Waals surface area (Å²) in [4.78, 5) is 10.3. The van der Waals surface area contributed by atoms with Crippen molar-refractivity contribution in [2.45, 2.75) is 20.5 Å². The molecule has 0 amide bonds. The van der Waals surface area contributed by atoms with Crippen LogP contribution in [0.3, 0.4) is 0 Å². The molecule has 13 heavy (non-hydrogen) atoms. The molecule has 0 atom stereocenters. The van der Waals surface area contributed by atoms with Crippen LogP contribution in [0.2, 0.25) is 0 Å². The van der Waals surface area contributed by atoms with Gasteiger partial charge in [0.2, 0.25) is 0 Å². The van der Waals surface area contributed by atoms with Crippen molar-refractivity contribution < 1.29 is 4.74 Å². The molecule has 0 spiro atoms. The molecule has 70 valence electrons. The minimum atomic E-state index is 0.500. The van der Waals surface area contributed by atoms with Gasteiger partial charge in [0.15, 0.2) is 0 Å². The summed E-state index contributed by atoms with van der Waals surface area (Å²) >= 11 is 0. The number of hydrogen-bond donors (Lipinski definition) is 0. The van der Waals surface area contributed by atoms with E-state index < -0.39 is 0 Å². The molecule has 0 aliphatic heterocycles. The van der Waals surface area contributed by atoms with Crippen LogP contribution in [-0.4, -0.2) is 6.61 Å². The predicted octanol–water partition coefficient (Wildman–Crippen LogP) is 2.93. The molecule has 3 nitrogen and oxygen atoms in total. The highest BCUT2D eigenvalue weighted by Gasteiger charge is 1.99. The molecule has 0 aromatic heterocycles. The van der Waals surface area contributed by atoms with Crippen LogP contribution in [0.15, 0.2) is 23.4 Å². The summed E-state index contributed by atoms with van der Waals surface area (Å²) < 4.78 is 5.24. The zero-order valence-corrected chi connectivity index (χ0v) is 7.91. The van der Waals surface area contributed by atoms with E-state index in [0.29, 0.717) is 18.9 Å². The molecule has 1 aromatic rings. The molecule has 0 unspecified atom stereocenters. The van der Waals surface area contributed by atoms with Gasteiger partial charge in [-0.25, -0.2) is 0 Å². The summed E-state index contributed by atoms with van der Waals surface area (Å²) in [5, 5.41) is 2.90. The van der Waals surface area contributed by atoms with Gasteiger partial charge in [0.05, 0.1) is 6.61 Å². The lowest BCUT2D eigenvalue weighted by Crippen LogP contribution is -1.91. The van der Waals surface area contributed by atoms with Crippen molar-refractivity contribution in [3.05, 3.63) is 34.2 Å². The van der Waals surface area contributed by atoms with Crippen molar-refractivity contribution in [1.29, 1.82) is 0 Å². The fraction of sp³-hybridized carbons (Fsp3) is 0.400. The fourth-order valence-electron chi connectivity index (χ4n) is 1.13. The van der Waals surface area contributed by atoms with Gasteiger partial charge >= 0.3 is 0 Å². The second-order valence-electron chi connectivity index (χ2n) is 2.85. The number of rotatable bonds is 4. The summed E-state index contributed by atoms with van der Waals surface area (Å²) in [6, 6.07) is 5.50. The van der Waals surface area contributed by atoms with Gasteiger partial charge in [0, 0.05) is 6.61 Å². The Morgan fingerprint density at radius 1 is 1.46 bits per heavy atom. The maximum atomic E-state index is 10.3. The Hall–Kier alpha value is -1.22. The smallest absolute Gasteiger partial charge is 0.110 e. The van der Waals surface area contributed by atoms with Gasteiger partial charge < -0.3 is 4.74 Å². The number of hydrogen-bond acceptors (Lipinski definition) is 3. The molecule has 0 heterocycles. The Balaban J connectivity index is 2.77. The minimum absolute atomic E-state index is 0.500. The van der Waals surface area contributed by atoms with Crippen LogP contribution in [0.25, 0.3) is 0 Å². The van der Waals surface area contributed by atoms with Crippen molar-refractivity contribution in [1.82, 2.24) is 0 Å².